The van der Waals surface area contributed by atoms with E-state index in [1.807, 2.05) is 23.5 Å². The molecule has 2 aliphatic heterocycles. The molecule has 3 aliphatic rings. The molecule has 0 amide bonds. The summed E-state index contributed by atoms with van der Waals surface area (Å²) in [6, 6.07) is 48.7. The Morgan fingerprint density at radius 3 is 2.00 bits per heavy atom. The molecule has 0 bridgehead atoms. The predicted octanol–water partition coefficient (Wildman–Crippen LogP) is 13.7. The Balaban J connectivity index is 1.29. The second kappa shape index (κ2) is 12.5. The van der Waals surface area contributed by atoms with Crippen LogP contribution in [-0.2, 0) is 16.2 Å². The molecule has 0 saturated heterocycles. The number of rotatable bonds is 3. The molecule has 0 atom stereocenters. The summed E-state index contributed by atoms with van der Waals surface area (Å²) in [6.07, 6.45) is 1.05. The molecule has 8 aromatic rings. The lowest BCUT2D eigenvalue weighted by Gasteiger charge is -2.45. The molecule has 3 heterocycles. The summed E-state index contributed by atoms with van der Waals surface area (Å²) in [5, 5.41) is 2.40. The Labute approximate surface area is 358 Å². The number of nitrogens with zero attached hydrogens (tertiary/aromatic N) is 2. The van der Waals surface area contributed by atoms with Crippen LogP contribution >= 0.6 is 11.3 Å². The minimum absolute atomic E-state index is 0.0184. The zero-order chi connectivity index (χ0) is 43.2. The van der Waals surface area contributed by atoms with Crippen LogP contribution in [0.3, 0.4) is 0 Å². The van der Waals surface area contributed by atoms with E-state index in [0.29, 0.717) is 5.56 Å². The molecule has 0 unspecified atom stereocenters. The van der Waals surface area contributed by atoms with Crippen molar-refractivity contribution in [2.75, 3.05) is 9.80 Å². The summed E-state index contributed by atoms with van der Waals surface area (Å²) in [5.41, 5.74) is 17.5. The van der Waals surface area contributed by atoms with Crippen molar-refractivity contribution >= 4 is 88.7 Å². The highest BCUT2D eigenvalue weighted by atomic mass is 32.1. The zero-order valence-corrected chi connectivity index (χ0v) is 36.1. The van der Waals surface area contributed by atoms with Crippen molar-refractivity contribution in [2.45, 2.75) is 84.9 Å². The van der Waals surface area contributed by atoms with Crippen molar-refractivity contribution in [1.29, 1.82) is 0 Å². The van der Waals surface area contributed by atoms with Crippen LogP contribution in [0, 0.1) is 13.8 Å². The fraction of sp³-hybridized carbons (Fsp3) is 0.236. The standard InChI is InChI=1S/C55H51BN2S/c1-33-26-47-52-48(27-33)58(44-19-15-21-50-51(44)38-18-13-14-20-49(38)59-50)45-29-37(53(3,4)5)23-24-41(45)56(52)42-30-39-40(55(8,9)32-54(39,6)7)31-46(42)57(47)43-25-22-36(28-34(43)2)35-16-11-10-12-17-35/h10-31H,32H2,1-9H3/i1D3. The molecule has 1 aromatic heterocycles. The average molecular weight is 786 g/mol. The number of hydrogen-bond acceptors (Lipinski definition) is 3. The molecule has 0 saturated carbocycles. The SMILES string of the molecule is [2H]C([2H])([2H])c1cc2c3c(c1)N(c1cccc4sc5ccccc5c14)c1cc(C(C)(C)C)ccc1B3c1cc3c(cc1N2c1ccc(-c2ccccc2)cc1C)C(C)(C)CC3(C)C. The van der Waals surface area contributed by atoms with Crippen LogP contribution in [0.15, 0.2) is 133 Å². The van der Waals surface area contributed by atoms with Crippen LogP contribution in [0.2, 0.25) is 0 Å². The molecule has 290 valence electrons. The molecule has 0 radical (unpaired) electrons. The lowest BCUT2D eigenvalue weighted by molar-refractivity contribution is 0.403. The summed E-state index contributed by atoms with van der Waals surface area (Å²) in [7, 11) is 0. The summed E-state index contributed by atoms with van der Waals surface area (Å²) < 4.78 is 29.6. The van der Waals surface area contributed by atoms with E-state index < -0.39 is 6.85 Å². The number of thiophene rings is 1. The van der Waals surface area contributed by atoms with Crippen molar-refractivity contribution in [2.24, 2.45) is 0 Å². The molecular formula is C55H51BN2S. The molecule has 0 N–H and O–H groups in total. The van der Waals surface area contributed by atoms with E-state index in [2.05, 4.69) is 187 Å². The number of hydrogen-bond donors (Lipinski definition) is 0. The summed E-state index contributed by atoms with van der Waals surface area (Å²) in [5.74, 6) is 0. The van der Waals surface area contributed by atoms with Gasteiger partial charge in [0.1, 0.15) is 0 Å². The molecule has 0 fully saturated rings. The van der Waals surface area contributed by atoms with Gasteiger partial charge in [0.15, 0.2) is 0 Å². The van der Waals surface area contributed by atoms with E-state index in [4.69, 9.17) is 4.11 Å². The largest absolute Gasteiger partial charge is 0.311 e. The molecule has 0 spiro atoms. The van der Waals surface area contributed by atoms with Gasteiger partial charge in [-0.1, -0.05) is 127 Å². The predicted molar refractivity (Wildman–Crippen MR) is 258 cm³/mol. The average Bonchev–Trinajstić information content (AvgIpc) is 3.69. The highest BCUT2D eigenvalue weighted by Crippen LogP contribution is 2.54. The van der Waals surface area contributed by atoms with E-state index in [1.54, 1.807) is 0 Å². The lowest BCUT2D eigenvalue weighted by atomic mass is 9.33. The minimum Gasteiger partial charge on any atom is -0.311 e. The Morgan fingerprint density at radius 2 is 1.27 bits per heavy atom. The first-order valence-corrected chi connectivity index (χ1v) is 21.9. The molecular weight excluding hydrogens is 731 g/mol. The van der Waals surface area contributed by atoms with E-state index in [0.717, 1.165) is 57.1 Å². The van der Waals surface area contributed by atoms with E-state index >= 15 is 0 Å². The van der Waals surface area contributed by atoms with Crippen molar-refractivity contribution in [3.8, 4) is 11.1 Å². The molecule has 1 aliphatic carbocycles. The van der Waals surface area contributed by atoms with Gasteiger partial charge in [0.2, 0.25) is 0 Å². The van der Waals surface area contributed by atoms with Crippen LogP contribution < -0.4 is 26.2 Å². The van der Waals surface area contributed by atoms with E-state index in [-0.39, 0.29) is 23.0 Å². The summed E-state index contributed by atoms with van der Waals surface area (Å²) in [4.78, 5) is 4.84. The molecule has 59 heavy (non-hydrogen) atoms. The Morgan fingerprint density at radius 1 is 0.593 bits per heavy atom. The van der Waals surface area contributed by atoms with Gasteiger partial charge in [0.05, 0.1) is 5.69 Å². The molecule has 11 rings (SSSR count). The van der Waals surface area contributed by atoms with Gasteiger partial charge in [-0.05, 0) is 146 Å². The third-order valence-corrected chi connectivity index (χ3v) is 14.7. The summed E-state index contributed by atoms with van der Waals surface area (Å²) in [6.45, 7) is 16.1. The third kappa shape index (κ3) is 5.38. The highest BCUT2D eigenvalue weighted by molar-refractivity contribution is 7.26. The van der Waals surface area contributed by atoms with Crippen molar-refractivity contribution in [3.63, 3.8) is 0 Å². The van der Waals surface area contributed by atoms with E-state index in [1.165, 1.54) is 53.4 Å². The first kappa shape index (κ1) is 33.3. The van der Waals surface area contributed by atoms with Crippen LogP contribution in [0.4, 0.5) is 34.1 Å². The first-order valence-electron chi connectivity index (χ1n) is 22.6. The smallest absolute Gasteiger partial charge is 0.252 e. The maximum atomic E-state index is 9.05. The lowest BCUT2D eigenvalue weighted by Crippen LogP contribution is -2.61. The van der Waals surface area contributed by atoms with Crippen molar-refractivity contribution < 1.29 is 4.11 Å². The fourth-order valence-corrected chi connectivity index (χ4v) is 12.2. The molecule has 7 aromatic carbocycles. The Kier molecular flexibility index (Phi) is 7.04. The minimum atomic E-state index is -2.36. The van der Waals surface area contributed by atoms with Gasteiger partial charge in [0.25, 0.3) is 6.71 Å². The van der Waals surface area contributed by atoms with Crippen molar-refractivity contribution in [1.82, 2.24) is 0 Å². The maximum absolute atomic E-state index is 9.05. The van der Waals surface area contributed by atoms with Gasteiger partial charge in [-0.3, -0.25) is 0 Å². The zero-order valence-electron chi connectivity index (χ0n) is 38.3. The van der Waals surface area contributed by atoms with Gasteiger partial charge >= 0.3 is 0 Å². The molecule has 2 nitrogen and oxygen atoms in total. The number of fused-ring (bicyclic) bond motifs is 8. The Bertz CT molecular complexity index is 3170. The fourth-order valence-electron chi connectivity index (χ4n) is 11.1. The van der Waals surface area contributed by atoms with Crippen LogP contribution in [0.1, 0.15) is 86.8 Å². The van der Waals surface area contributed by atoms with Crippen LogP contribution in [-0.4, -0.2) is 6.71 Å². The van der Waals surface area contributed by atoms with Crippen molar-refractivity contribution in [3.05, 3.63) is 161 Å². The van der Waals surface area contributed by atoms with Gasteiger partial charge in [0, 0.05) is 52.7 Å². The van der Waals surface area contributed by atoms with E-state index in [9.17, 15) is 0 Å². The number of aryl methyl sites for hydroxylation is 2. The van der Waals surface area contributed by atoms with Gasteiger partial charge < -0.3 is 9.80 Å². The highest BCUT2D eigenvalue weighted by Gasteiger charge is 2.48. The summed E-state index contributed by atoms with van der Waals surface area (Å²) >= 11 is 1.81. The number of anilines is 6. The van der Waals surface area contributed by atoms with Crippen LogP contribution in [0.5, 0.6) is 0 Å². The quantitative estimate of drug-likeness (QED) is 0.165. The first-order chi connectivity index (χ1) is 29.4. The topological polar surface area (TPSA) is 6.48 Å². The van der Waals surface area contributed by atoms with Gasteiger partial charge in [-0.15, -0.1) is 11.3 Å². The maximum Gasteiger partial charge on any atom is 0.252 e. The van der Waals surface area contributed by atoms with Gasteiger partial charge in [-0.25, -0.2) is 0 Å². The second-order valence-electron chi connectivity index (χ2n) is 19.6. The Hall–Kier alpha value is -5.58. The monoisotopic (exact) mass is 785 g/mol. The molecule has 4 heteroatoms. The second-order valence-corrected chi connectivity index (χ2v) is 20.7. The van der Waals surface area contributed by atoms with Crippen LogP contribution in [0.25, 0.3) is 31.3 Å². The normalized spacial score (nSPS) is 16.9. The third-order valence-electron chi connectivity index (χ3n) is 13.6. The number of benzene rings is 7. The van der Waals surface area contributed by atoms with Gasteiger partial charge in [-0.2, -0.15) is 0 Å².